The normalized spacial score (nSPS) is 12.1. The fourth-order valence-corrected chi connectivity index (χ4v) is 8.24. The molecule has 0 spiro atoms. The summed E-state index contributed by atoms with van der Waals surface area (Å²) < 4.78 is 70.8. The maximum atomic E-state index is 13.5. The second kappa shape index (κ2) is 24.8. The molecular formula is C41H67N7O14S2. The minimum atomic E-state index is -4.21. The number of carbonyl (C=O) groups is 3. The smallest absolute Gasteiger partial charge is 0.410 e. The average Bonchev–Trinajstić information content (AvgIpc) is 3.16. The molecule has 0 heterocycles. The summed E-state index contributed by atoms with van der Waals surface area (Å²) in [6, 6.07) is 10.4. The summed E-state index contributed by atoms with van der Waals surface area (Å²) >= 11 is 0. The van der Waals surface area contributed by atoms with Crippen molar-refractivity contribution in [3.63, 3.8) is 0 Å². The van der Waals surface area contributed by atoms with Gasteiger partial charge < -0.3 is 28.9 Å². The Hall–Kier alpha value is -5.13. The molecule has 0 unspecified atom stereocenters. The number of rotatable bonds is 20. The number of hydrogen-bond donors (Lipinski definition) is 1. The summed E-state index contributed by atoms with van der Waals surface area (Å²) in [5, 5.41) is 22.4. The second-order valence-corrected chi connectivity index (χ2v) is 21.4. The first-order valence-electron chi connectivity index (χ1n) is 20.6. The zero-order valence-corrected chi connectivity index (χ0v) is 40.7. The molecular weight excluding hydrogens is 879 g/mol. The van der Waals surface area contributed by atoms with Gasteiger partial charge >= 0.3 is 18.3 Å². The number of sulfonamides is 2. The monoisotopic (exact) mass is 945 g/mol. The number of benzene rings is 2. The Morgan fingerprint density at radius 1 is 0.547 bits per heavy atom. The maximum Gasteiger partial charge on any atom is 0.410 e. The highest BCUT2D eigenvalue weighted by molar-refractivity contribution is 7.89. The van der Waals surface area contributed by atoms with Gasteiger partial charge in [-0.3, -0.25) is 20.2 Å². The first-order chi connectivity index (χ1) is 29.3. The third-order valence-electron chi connectivity index (χ3n) is 8.41. The summed E-state index contributed by atoms with van der Waals surface area (Å²) in [6.07, 6.45) is 0.724. The van der Waals surface area contributed by atoms with Crippen molar-refractivity contribution in [1.29, 1.82) is 0 Å². The molecule has 0 bridgehead atoms. The lowest BCUT2D eigenvalue weighted by Crippen LogP contribution is -2.38. The molecule has 0 aliphatic rings. The van der Waals surface area contributed by atoms with Crippen LogP contribution in [0.15, 0.2) is 58.3 Å². The number of hydrogen-bond acceptors (Lipinski definition) is 14. The van der Waals surface area contributed by atoms with Gasteiger partial charge in [0.15, 0.2) is 9.79 Å². The number of para-hydroxylation sites is 2. The lowest BCUT2D eigenvalue weighted by molar-refractivity contribution is -0.388. The number of nitro groups is 2. The first kappa shape index (κ1) is 56.9. The van der Waals surface area contributed by atoms with Crippen molar-refractivity contribution < 1.29 is 55.3 Å². The van der Waals surface area contributed by atoms with E-state index in [0.717, 1.165) is 12.1 Å². The predicted octanol–water partition coefficient (Wildman–Crippen LogP) is 7.01. The fourth-order valence-electron chi connectivity index (χ4n) is 5.33. The molecule has 2 aromatic carbocycles. The molecule has 23 heteroatoms. The zero-order chi connectivity index (χ0) is 49.3. The Morgan fingerprint density at radius 2 is 0.875 bits per heavy atom. The van der Waals surface area contributed by atoms with Crippen LogP contribution in [0.2, 0.25) is 0 Å². The van der Waals surface area contributed by atoms with Gasteiger partial charge in [0.1, 0.15) is 16.8 Å². The van der Waals surface area contributed by atoms with Crippen LogP contribution in [0.25, 0.3) is 0 Å². The first-order valence-corrected chi connectivity index (χ1v) is 23.5. The average molecular weight is 946 g/mol. The van der Waals surface area contributed by atoms with E-state index >= 15 is 0 Å². The predicted molar refractivity (Wildman–Crippen MR) is 240 cm³/mol. The molecule has 2 aromatic rings. The minimum Gasteiger partial charge on any atom is -0.444 e. The molecule has 2 rings (SSSR count). The summed E-state index contributed by atoms with van der Waals surface area (Å²) in [5.41, 5.74) is -2.85. The number of nitrogens with zero attached hydrogens (tertiary/aromatic N) is 6. The Labute approximate surface area is 377 Å². The lowest BCUT2D eigenvalue weighted by Gasteiger charge is -2.27. The Kier molecular flexibility index (Phi) is 22.0. The minimum absolute atomic E-state index is 0.0312. The van der Waals surface area contributed by atoms with E-state index in [1.807, 2.05) is 0 Å². The number of nitrogens with one attached hydrogen (secondary N) is 1. The van der Waals surface area contributed by atoms with Gasteiger partial charge in [0.25, 0.3) is 11.4 Å². The SMILES string of the molecule is CN(CCCCN(CCCN(C)C(=O)OC(C)(C)C)S(=O)(=O)c1ccccc1[N+](=O)[O-])C(=O)OC(C)(C)C.CN(CCCCNS(=O)(=O)c1ccccc1[N+](=O)[O-])C(=O)OC(C)(C)C. The largest absolute Gasteiger partial charge is 0.444 e. The highest BCUT2D eigenvalue weighted by Crippen LogP contribution is 2.27. The van der Waals surface area contributed by atoms with E-state index in [1.165, 1.54) is 55.4 Å². The molecule has 1 N–H and O–H groups in total. The van der Waals surface area contributed by atoms with Crippen LogP contribution >= 0.6 is 0 Å². The second-order valence-electron chi connectivity index (χ2n) is 17.7. The van der Waals surface area contributed by atoms with Crippen LogP contribution in [-0.4, -0.2) is 141 Å². The Morgan fingerprint density at radius 3 is 1.28 bits per heavy atom. The van der Waals surface area contributed by atoms with E-state index in [4.69, 9.17) is 14.2 Å². The Bertz CT molecular complexity index is 2100. The third kappa shape index (κ3) is 21.0. The molecule has 362 valence electrons. The zero-order valence-electron chi connectivity index (χ0n) is 39.1. The molecule has 21 nitrogen and oxygen atoms in total. The summed E-state index contributed by atoms with van der Waals surface area (Å²) in [4.78, 5) is 60.6. The number of amides is 3. The molecule has 0 saturated heterocycles. The molecule has 0 aliphatic heterocycles. The van der Waals surface area contributed by atoms with Crippen molar-refractivity contribution in [1.82, 2.24) is 23.7 Å². The lowest BCUT2D eigenvalue weighted by atomic mass is 10.2. The van der Waals surface area contributed by atoms with E-state index in [0.29, 0.717) is 38.8 Å². The molecule has 64 heavy (non-hydrogen) atoms. The van der Waals surface area contributed by atoms with E-state index in [-0.39, 0.29) is 37.5 Å². The maximum absolute atomic E-state index is 13.5. The van der Waals surface area contributed by atoms with Crippen molar-refractivity contribution in [2.75, 3.05) is 60.4 Å². The van der Waals surface area contributed by atoms with Crippen molar-refractivity contribution in [2.45, 2.75) is 121 Å². The fraction of sp³-hybridized carbons (Fsp3) is 0.634. The molecule has 3 amide bonds. The van der Waals surface area contributed by atoms with Crippen molar-refractivity contribution in [3.05, 3.63) is 68.8 Å². The molecule has 0 aliphatic carbocycles. The van der Waals surface area contributed by atoms with Crippen LogP contribution in [0.1, 0.15) is 94.4 Å². The number of nitro benzene ring substituents is 2. The van der Waals surface area contributed by atoms with E-state index in [2.05, 4.69) is 4.72 Å². The van der Waals surface area contributed by atoms with E-state index < -0.39 is 81.2 Å². The standard InChI is InChI=1S/C25H42N4O8S.C16H25N3O6S/c1-24(2,3)36-22(30)26(7)16-11-12-18-28(19-13-17-27(8)23(31)37-25(4,5)6)38(34,35)21-15-10-9-14-20(21)29(32)33;1-16(2,3)25-15(20)18(4)12-8-7-11-17-26(23,24)14-10-6-5-9-13(14)19(21)22/h9-10,14-15H,11-13,16-19H2,1-8H3;5-6,9-10,17H,7-8,11-12H2,1-4H3. The van der Waals surface area contributed by atoms with Gasteiger partial charge in [-0.15, -0.1) is 0 Å². The number of ether oxygens (including phenoxy) is 3. The van der Waals surface area contributed by atoms with Crippen LogP contribution in [-0.2, 0) is 34.3 Å². The van der Waals surface area contributed by atoms with Crippen molar-refractivity contribution >= 4 is 49.7 Å². The topological polar surface area (TPSA) is 258 Å². The third-order valence-corrected chi connectivity index (χ3v) is 11.9. The van der Waals surface area contributed by atoms with Crippen LogP contribution < -0.4 is 4.72 Å². The van der Waals surface area contributed by atoms with Gasteiger partial charge in [-0.05, 0) is 107 Å². The van der Waals surface area contributed by atoms with Crippen molar-refractivity contribution in [3.8, 4) is 0 Å². The summed E-state index contributed by atoms with van der Waals surface area (Å²) in [7, 11) is -3.43. The van der Waals surface area contributed by atoms with Crippen LogP contribution in [0.4, 0.5) is 25.8 Å². The molecule has 0 fully saturated rings. The van der Waals surface area contributed by atoms with Crippen molar-refractivity contribution in [2.24, 2.45) is 0 Å². The van der Waals surface area contributed by atoms with Gasteiger partial charge in [-0.1, -0.05) is 24.3 Å². The van der Waals surface area contributed by atoms with Crippen LogP contribution in [0, 0.1) is 20.2 Å². The van der Waals surface area contributed by atoms with Gasteiger partial charge in [0.05, 0.1) is 9.85 Å². The highest BCUT2D eigenvalue weighted by Gasteiger charge is 2.32. The van der Waals surface area contributed by atoms with Gasteiger partial charge in [0, 0.05) is 72.5 Å². The summed E-state index contributed by atoms with van der Waals surface area (Å²) in [5.74, 6) is 0. The van der Waals surface area contributed by atoms with E-state index in [9.17, 15) is 51.4 Å². The van der Waals surface area contributed by atoms with Gasteiger partial charge in [-0.2, -0.15) is 4.31 Å². The highest BCUT2D eigenvalue weighted by atomic mass is 32.2. The number of unbranched alkanes of at least 4 members (excludes halogenated alkanes) is 2. The molecule has 0 atom stereocenters. The Balaban J connectivity index is 0.000000687. The molecule has 0 aromatic heterocycles. The van der Waals surface area contributed by atoms with Gasteiger partial charge in [0.2, 0.25) is 20.0 Å². The van der Waals surface area contributed by atoms with E-state index in [1.54, 1.807) is 83.5 Å². The summed E-state index contributed by atoms with van der Waals surface area (Å²) in [6.45, 7) is 17.1. The quantitative estimate of drug-likeness (QED) is 0.0606. The van der Waals surface area contributed by atoms with Crippen LogP contribution in [0.5, 0.6) is 0 Å². The molecule has 0 radical (unpaired) electrons. The number of carbonyl (C=O) groups excluding carboxylic acids is 3. The molecule has 0 saturated carbocycles. The van der Waals surface area contributed by atoms with Gasteiger partial charge in [-0.25, -0.2) is 35.9 Å². The van der Waals surface area contributed by atoms with Crippen LogP contribution in [0.3, 0.4) is 0 Å².